The molecule has 0 unspecified atom stereocenters. The first-order chi connectivity index (χ1) is 14.0. The number of nitrogens with zero attached hydrogens (tertiary/aromatic N) is 1. The van der Waals surface area contributed by atoms with E-state index in [1.54, 1.807) is 31.3 Å². The molecular weight excluding hydrogens is 378 g/mol. The third-order valence-electron chi connectivity index (χ3n) is 5.38. The number of phenols is 2. The van der Waals surface area contributed by atoms with E-state index in [1.807, 2.05) is 0 Å². The first-order valence-corrected chi connectivity index (χ1v) is 8.82. The van der Waals surface area contributed by atoms with Crippen molar-refractivity contribution < 1.29 is 29.2 Å². The van der Waals surface area contributed by atoms with Crippen LogP contribution in [0.1, 0.15) is 0 Å². The molecule has 0 atom stereocenters. The molecule has 0 bridgehead atoms. The molecule has 3 aromatic carbocycles. The van der Waals surface area contributed by atoms with Gasteiger partial charge in [0, 0.05) is 23.2 Å². The molecule has 1 aliphatic rings. The Morgan fingerprint density at radius 2 is 1.45 bits per heavy atom. The minimum absolute atomic E-state index is 0.0647. The first-order valence-electron chi connectivity index (χ1n) is 8.82. The average Bonchev–Trinajstić information content (AvgIpc) is 3.20. The van der Waals surface area contributed by atoms with E-state index >= 15 is 0 Å². The number of methoxy groups -OCH3 is 2. The summed E-state index contributed by atoms with van der Waals surface area (Å²) < 4.78 is 23.0. The van der Waals surface area contributed by atoms with Crippen molar-refractivity contribution >= 4 is 32.4 Å². The second kappa shape index (κ2) is 5.84. The van der Waals surface area contributed by atoms with Crippen molar-refractivity contribution in [1.29, 1.82) is 0 Å². The third-order valence-corrected chi connectivity index (χ3v) is 5.38. The van der Waals surface area contributed by atoms with Crippen molar-refractivity contribution in [3.05, 3.63) is 34.6 Å². The van der Waals surface area contributed by atoms with Crippen molar-refractivity contribution in [3.63, 3.8) is 0 Å². The maximum absolute atomic E-state index is 13.2. The van der Waals surface area contributed by atoms with Gasteiger partial charge in [0.25, 0.3) is 5.56 Å². The van der Waals surface area contributed by atoms with Gasteiger partial charge in [0.15, 0.2) is 34.5 Å². The molecule has 0 saturated heterocycles. The van der Waals surface area contributed by atoms with Gasteiger partial charge < -0.3 is 33.7 Å². The second-order valence-electron chi connectivity index (χ2n) is 6.79. The number of ether oxygens (including phenoxy) is 4. The average molecular weight is 395 g/mol. The molecule has 5 rings (SSSR count). The molecular formula is C21H17NO7. The summed E-state index contributed by atoms with van der Waals surface area (Å²) in [5.41, 5.74) is 0.177. The number of aryl methyl sites for hydroxylation is 1. The van der Waals surface area contributed by atoms with E-state index in [1.165, 1.54) is 18.8 Å². The maximum atomic E-state index is 13.2. The van der Waals surface area contributed by atoms with Crippen molar-refractivity contribution in [2.75, 3.05) is 21.0 Å². The number of hydrogen-bond acceptors (Lipinski definition) is 7. The molecule has 0 fully saturated rings. The Hall–Kier alpha value is -3.81. The molecule has 148 valence electrons. The SMILES string of the molecule is COc1cc2c(=O)n(C)c3c4cc5c(cc4c(O)c(O)c3c2cc1OC)OCO5. The van der Waals surface area contributed by atoms with Crippen LogP contribution in [-0.4, -0.2) is 35.8 Å². The van der Waals surface area contributed by atoms with Gasteiger partial charge in [0.05, 0.1) is 30.5 Å². The van der Waals surface area contributed by atoms with E-state index in [9.17, 15) is 15.0 Å². The minimum Gasteiger partial charge on any atom is -0.504 e. The fraction of sp³-hybridized carbons (Fsp3) is 0.190. The molecule has 4 aromatic rings. The van der Waals surface area contributed by atoms with Crippen LogP contribution < -0.4 is 24.5 Å². The zero-order valence-corrected chi connectivity index (χ0v) is 15.9. The number of rotatable bonds is 2. The smallest absolute Gasteiger partial charge is 0.258 e. The van der Waals surface area contributed by atoms with E-state index in [0.717, 1.165) is 0 Å². The Labute approximate surface area is 164 Å². The number of benzene rings is 3. The molecule has 8 nitrogen and oxygen atoms in total. The number of fused-ring (bicyclic) bond motifs is 6. The van der Waals surface area contributed by atoms with Gasteiger partial charge in [-0.2, -0.15) is 0 Å². The van der Waals surface area contributed by atoms with Crippen molar-refractivity contribution in [2.24, 2.45) is 7.05 Å². The fourth-order valence-corrected chi connectivity index (χ4v) is 3.98. The van der Waals surface area contributed by atoms with Crippen LogP contribution in [0.5, 0.6) is 34.5 Å². The van der Waals surface area contributed by atoms with Crippen LogP contribution in [0.2, 0.25) is 0 Å². The lowest BCUT2D eigenvalue weighted by Gasteiger charge is -2.17. The Balaban J connectivity index is 2.08. The molecule has 2 N–H and O–H groups in total. The van der Waals surface area contributed by atoms with Crippen LogP contribution in [0, 0.1) is 0 Å². The number of hydrogen-bond donors (Lipinski definition) is 2. The Bertz CT molecular complexity index is 1400. The van der Waals surface area contributed by atoms with E-state index < -0.39 is 0 Å². The van der Waals surface area contributed by atoms with E-state index in [0.29, 0.717) is 55.4 Å². The lowest BCUT2D eigenvalue weighted by atomic mass is 9.98. The summed E-state index contributed by atoms with van der Waals surface area (Å²) in [5, 5.41) is 23.6. The summed E-state index contributed by atoms with van der Waals surface area (Å²) in [7, 11) is 4.58. The minimum atomic E-state index is -0.334. The zero-order valence-electron chi connectivity index (χ0n) is 15.9. The van der Waals surface area contributed by atoms with Gasteiger partial charge in [-0.3, -0.25) is 4.79 Å². The summed E-state index contributed by atoms with van der Waals surface area (Å²) in [5.74, 6) is 1.12. The van der Waals surface area contributed by atoms with Gasteiger partial charge in [0.2, 0.25) is 6.79 Å². The van der Waals surface area contributed by atoms with Crippen LogP contribution in [0.3, 0.4) is 0 Å². The van der Waals surface area contributed by atoms with E-state index in [4.69, 9.17) is 18.9 Å². The molecule has 2 heterocycles. The largest absolute Gasteiger partial charge is 0.504 e. The molecule has 8 heteroatoms. The molecule has 29 heavy (non-hydrogen) atoms. The van der Waals surface area contributed by atoms with Crippen molar-refractivity contribution in [3.8, 4) is 34.5 Å². The summed E-state index contributed by atoms with van der Waals surface area (Å²) in [6, 6.07) is 6.48. The van der Waals surface area contributed by atoms with Gasteiger partial charge in [-0.15, -0.1) is 0 Å². The highest BCUT2D eigenvalue weighted by atomic mass is 16.7. The molecule has 1 aliphatic heterocycles. The van der Waals surface area contributed by atoms with Crippen LogP contribution in [0.25, 0.3) is 32.4 Å². The first kappa shape index (κ1) is 17.3. The van der Waals surface area contributed by atoms with Crippen LogP contribution in [0.4, 0.5) is 0 Å². The molecule has 0 radical (unpaired) electrons. The Morgan fingerprint density at radius 3 is 2.07 bits per heavy atom. The summed E-state index contributed by atoms with van der Waals surface area (Å²) >= 11 is 0. The van der Waals surface area contributed by atoms with Gasteiger partial charge >= 0.3 is 0 Å². The Morgan fingerprint density at radius 1 is 0.862 bits per heavy atom. The standard InChI is InChI=1S/C21H17NO7/c1-22-18-10-5-15-16(29-8-28-15)6-11(10)19(23)20(24)17(18)9-4-13(26-2)14(27-3)7-12(9)21(22)25/h4-7,23-24H,8H2,1-3H3. The number of aromatic hydroxyl groups is 2. The lowest BCUT2D eigenvalue weighted by Crippen LogP contribution is -2.18. The van der Waals surface area contributed by atoms with Crippen molar-refractivity contribution in [1.82, 2.24) is 4.57 Å². The highest BCUT2D eigenvalue weighted by Gasteiger charge is 2.24. The van der Waals surface area contributed by atoms with Crippen molar-refractivity contribution in [2.45, 2.75) is 0 Å². The van der Waals surface area contributed by atoms with Gasteiger partial charge in [-0.05, 0) is 24.3 Å². The zero-order chi connectivity index (χ0) is 20.4. The topological polar surface area (TPSA) is 99.4 Å². The Kier molecular flexibility index (Phi) is 3.48. The van der Waals surface area contributed by atoms with Crippen LogP contribution >= 0.6 is 0 Å². The molecule has 0 aliphatic carbocycles. The van der Waals surface area contributed by atoms with E-state index in [-0.39, 0.29) is 23.9 Å². The van der Waals surface area contributed by atoms with Gasteiger partial charge in [-0.1, -0.05) is 0 Å². The predicted octanol–water partition coefficient (Wildman–Crippen LogP) is 3.00. The maximum Gasteiger partial charge on any atom is 0.258 e. The molecule has 1 aromatic heterocycles. The third kappa shape index (κ3) is 2.16. The second-order valence-corrected chi connectivity index (χ2v) is 6.79. The summed E-state index contributed by atoms with van der Waals surface area (Å²) in [6.07, 6.45) is 0. The highest BCUT2D eigenvalue weighted by Crippen LogP contribution is 2.48. The van der Waals surface area contributed by atoms with Gasteiger partial charge in [-0.25, -0.2) is 0 Å². The summed E-state index contributed by atoms with van der Waals surface area (Å²) in [6.45, 7) is 0.0647. The molecule has 0 amide bonds. The fourth-order valence-electron chi connectivity index (χ4n) is 3.98. The molecule has 0 spiro atoms. The predicted molar refractivity (Wildman–Crippen MR) is 107 cm³/mol. The summed E-state index contributed by atoms with van der Waals surface area (Å²) in [4.78, 5) is 13.2. The van der Waals surface area contributed by atoms with Gasteiger partial charge in [0.1, 0.15) is 0 Å². The lowest BCUT2D eigenvalue weighted by molar-refractivity contribution is 0.174. The number of phenolic OH excluding ortho intramolecular Hbond substituents is 2. The number of pyridine rings is 1. The quantitative estimate of drug-likeness (QED) is 0.398. The monoisotopic (exact) mass is 395 g/mol. The number of aromatic nitrogens is 1. The van der Waals surface area contributed by atoms with Crippen LogP contribution in [-0.2, 0) is 7.05 Å². The van der Waals surface area contributed by atoms with E-state index in [2.05, 4.69) is 0 Å². The highest BCUT2D eigenvalue weighted by molar-refractivity contribution is 6.21. The molecule has 0 saturated carbocycles. The van der Waals surface area contributed by atoms with Crippen LogP contribution in [0.15, 0.2) is 29.1 Å². The normalized spacial score (nSPS) is 12.8.